The standard InChI is InChI=1S/C27H26N4O2S2/c1-19(25(33)29-24(21-13-7-3-8-14-21)22-15-9-4-10-16-22)34-27-31-30-26(35-27)28-23(32)18-17-20-11-5-2-6-12-20/h2-16,19,24H,17-18H2,1H3,(H,29,33)(H,28,30,32). The first kappa shape index (κ1) is 24.6. The van der Waals surface area contributed by atoms with E-state index in [1.165, 1.54) is 23.1 Å². The molecule has 0 fully saturated rings. The Morgan fingerprint density at radius 2 is 1.43 bits per heavy atom. The monoisotopic (exact) mass is 502 g/mol. The number of nitrogens with zero attached hydrogens (tertiary/aromatic N) is 2. The molecular formula is C27H26N4O2S2. The number of aryl methyl sites for hydroxylation is 1. The molecule has 8 heteroatoms. The topological polar surface area (TPSA) is 84.0 Å². The van der Waals surface area contributed by atoms with Crippen LogP contribution in [-0.4, -0.2) is 27.3 Å². The Balaban J connectivity index is 1.33. The fraction of sp³-hybridized carbons (Fsp3) is 0.185. The van der Waals surface area contributed by atoms with E-state index in [1.54, 1.807) is 0 Å². The van der Waals surface area contributed by atoms with Gasteiger partial charge in [-0.25, -0.2) is 0 Å². The zero-order chi connectivity index (χ0) is 24.5. The molecule has 1 heterocycles. The van der Waals surface area contributed by atoms with Crippen LogP contribution in [0.15, 0.2) is 95.3 Å². The Morgan fingerprint density at radius 3 is 2.03 bits per heavy atom. The van der Waals surface area contributed by atoms with Crippen LogP contribution < -0.4 is 10.6 Å². The molecule has 0 aliphatic rings. The van der Waals surface area contributed by atoms with Crippen molar-refractivity contribution in [3.63, 3.8) is 0 Å². The summed E-state index contributed by atoms with van der Waals surface area (Å²) < 4.78 is 0.627. The fourth-order valence-electron chi connectivity index (χ4n) is 3.51. The first-order valence-electron chi connectivity index (χ1n) is 11.3. The Kier molecular flexibility index (Phi) is 8.64. The third kappa shape index (κ3) is 7.24. The predicted octanol–water partition coefficient (Wildman–Crippen LogP) is 5.50. The maximum atomic E-state index is 13.1. The van der Waals surface area contributed by atoms with Crippen molar-refractivity contribution in [1.29, 1.82) is 0 Å². The van der Waals surface area contributed by atoms with Crippen LogP contribution in [-0.2, 0) is 16.0 Å². The number of hydrogen-bond donors (Lipinski definition) is 2. The summed E-state index contributed by atoms with van der Waals surface area (Å²) >= 11 is 2.59. The van der Waals surface area contributed by atoms with Crippen LogP contribution in [0.3, 0.4) is 0 Å². The van der Waals surface area contributed by atoms with Crippen LogP contribution in [0, 0.1) is 0 Å². The summed E-state index contributed by atoms with van der Waals surface area (Å²) in [6.07, 6.45) is 1.03. The number of hydrogen-bond acceptors (Lipinski definition) is 6. The van der Waals surface area contributed by atoms with Crippen molar-refractivity contribution in [2.45, 2.75) is 35.4 Å². The molecule has 0 aliphatic carbocycles. The van der Waals surface area contributed by atoms with E-state index >= 15 is 0 Å². The van der Waals surface area contributed by atoms with Crippen molar-refractivity contribution in [3.8, 4) is 0 Å². The number of benzene rings is 3. The highest BCUT2D eigenvalue weighted by atomic mass is 32.2. The van der Waals surface area contributed by atoms with Crippen molar-refractivity contribution in [3.05, 3.63) is 108 Å². The Morgan fingerprint density at radius 1 is 0.857 bits per heavy atom. The molecule has 0 saturated carbocycles. The normalized spacial score (nSPS) is 11.7. The van der Waals surface area contributed by atoms with Crippen molar-refractivity contribution in [2.24, 2.45) is 0 Å². The molecule has 2 amide bonds. The van der Waals surface area contributed by atoms with Crippen molar-refractivity contribution in [2.75, 3.05) is 5.32 Å². The van der Waals surface area contributed by atoms with Gasteiger partial charge in [-0.3, -0.25) is 9.59 Å². The van der Waals surface area contributed by atoms with Gasteiger partial charge in [0, 0.05) is 6.42 Å². The van der Waals surface area contributed by atoms with Gasteiger partial charge in [0.15, 0.2) is 4.34 Å². The number of rotatable bonds is 10. The molecular weight excluding hydrogens is 476 g/mol. The van der Waals surface area contributed by atoms with Gasteiger partial charge in [0.1, 0.15) is 0 Å². The molecule has 1 unspecified atom stereocenters. The second-order valence-corrected chi connectivity index (χ2v) is 10.5. The number of aromatic nitrogens is 2. The first-order chi connectivity index (χ1) is 17.1. The zero-order valence-corrected chi connectivity index (χ0v) is 20.9. The summed E-state index contributed by atoms with van der Waals surface area (Å²) in [4.78, 5) is 25.3. The van der Waals surface area contributed by atoms with E-state index in [2.05, 4.69) is 20.8 Å². The largest absolute Gasteiger partial charge is 0.344 e. The Bertz CT molecular complexity index is 1190. The molecule has 178 valence electrons. The fourth-order valence-corrected chi connectivity index (χ4v) is 5.43. The lowest BCUT2D eigenvalue weighted by Crippen LogP contribution is -2.34. The highest BCUT2D eigenvalue weighted by molar-refractivity contribution is 8.02. The van der Waals surface area contributed by atoms with E-state index in [0.717, 1.165) is 16.7 Å². The number of thioether (sulfide) groups is 1. The van der Waals surface area contributed by atoms with E-state index < -0.39 is 0 Å². The van der Waals surface area contributed by atoms with Gasteiger partial charge in [0.2, 0.25) is 16.9 Å². The van der Waals surface area contributed by atoms with Crippen LogP contribution in [0.4, 0.5) is 5.13 Å². The smallest absolute Gasteiger partial charge is 0.234 e. The lowest BCUT2D eigenvalue weighted by atomic mass is 9.98. The first-order valence-corrected chi connectivity index (χ1v) is 13.0. The molecule has 35 heavy (non-hydrogen) atoms. The SMILES string of the molecule is CC(Sc1nnc(NC(=O)CCc2ccccc2)s1)C(=O)NC(c1ccccc1)c1ccccc1. The number of anilines is 1. The van der Waals surface area contributed by atoms with Crippen LogP contribution in [0.25, 0.3) is 0 Å². The molecule has 1 aromatic heterocycles. The van der Waals surface area contributed by atoms with Crippen molar-refractivity contribution < 1.29 is 9.59 Å². The molecule has 1 atom stereocenters. The van der Waals surface area contributed by atoms with Gasteiger partial charge in [-0.05, 0) is 30.0 Å². The minimum Gasteiger partial charge on any atom is -0.344 e. The average molecular weight is 503 g/mol. The molecule has 0 aliphatic heterocycles. The lowest BCUT2D eigenvalue weighted by Gasteiger charge is -2.21. The molecule has 3 aromatic carbocycles. The number of amides is 2. The Labute approximate surface area is 213 Å². The van der Waals surface area contributed by atoms with Crippen LogP contribution >= 0.6 is 23.1 Å². The van der Waals surface area contributed by atoms with Crippen LogP contribution in [0.1, 0.15) is 36.1 Å². The van der Waals surface area contributed by atoms with E-state index in [0.29, 0.717) is 22.3 Å². The summed E-state index contributed by atoms with van der Waals surface area (Å²) in [6.45, 7) is 1.84. The molecule has 6 nitrogen and oxygen atoms in total. The minimum atomic E-state index is -0.389. The minimum absolute atomic E-state index is 0.101. The molecule has 0 saturated heterocycles. The van der Waals surface area contributed by atoms with Crippen molar-refractivity contribution in [1.82, 2.24) is 15.5 Å². The van der Waals surface area contributed by atoms with E-state index in [1.807, 2.05) is 97.9 Å². The second kappa shape index (κ2) is 12.3. The maximum absolute atomic E-state index is 13.1. The third-order valence-corrected chi connectivity index (χ3v) is 7.36. The Hall–Kier alpha value is -3.49. The number of carbonyl (C=O) groups is 2. The van der Waals surface area contributed by atoms with E-state index in [9.17, 15) is 9.59 Å². The summed E-state index contributed by atoms with van der Waals surface area (Å²) in [6, 6.07) is 29.4. The summed E-state index contributed by atoms with van der Waals surface area (Å²) in [5.41, 5.74) is 3.14. The molecule has 0 radical (unpaired) electrons. The highest BCUT2D eigenvalue weighted by Crippen LogP contribution is 2.30. The lowest BCUT2D eigenvalue weighted by molar-refractivity contribution is -0.120. The molecule has 4 aromatic rings. The van der Waals surface area contributed by atoms with Crippen LogP contribution in [0.2, 0.25) is 0 Å². The quantitative estimate of drug-likeness (QED) is 0.221. The molecule has 0 bridgehead atoms. The van der Waals surface area contributed by atoms with Gasteiger partial charge in [0.25, 0.3) is 0 Å². The molecule has 2 N–H and O–H groups in total. The summed E-state index contributed by atoms with van der Waals surface area (Å²) in [5, 5.41) is 14.2. The zero-order valence-electron chi connectivity index (χ0n) is 19.3. The van der Waals surface area contributed by atoms with Gasteiger partial charge < -0.3 is 10.6 Å². The van der Waals surface area contributed by atoms with Crippen LogP contribution in [0.5, 0.6) is 0 Å². The van der Waals surface area contributed by atoms with Gasteiger partial charge >= 0.3 is 0 Å². The van der Waals surface area contributed by atoms with Gasteiger partial charge in [0.05, 0.1) is 11.3 Å². The third-order valence-electron chi connectivity index (χ3n) is 5.34. The number of nitrogens with one attached hydrogen (secondary N) is 2. The van der Waals surface area contributed by atoms with Gasteiger partial charge in [-0.15, -0.1) is 10.2 Å². The van der Waals surface area contributed by atoms with E-state index in [4.69, 9.17) is 0 Å². The predicted molar refractivity (Wildman–Crippen MR) is 141 cm³/mol. The summed E-state index contributed by atoms with van der Waals surface area (Å²) in [7, 11) is 0. The average Bonchev–Trinajstić information content (AvgIpc) is 3.33. The highest BCUT2D eigenvalue weighted by Gasteiger charge is 2.22. The second-order valence-electron chi connectivity index (χ2n) is 7.93. The summed E-state index contributed by atoms with van der Waals surface area (Å²) in [5.74, 6) is -0.211. The maximum Gasteiger partial charge on any atom is 0.234 e. The molecule has 4 rings (SSSR count). The number of carbonyl (C=O) groups excluding carboxylic acids is 2. The molecule has 0 spiro atoms. The van der Waals surface area contributed by atoms with Gasteiger partial charge in [-0.2, -0.15) is 0 Å². The van der Waals surface area contributed by atoms with Crippen molar-refractivity contribution >= 4 is 40.0 Å². The van der Waals surface area contributed by atoms with Gasteiger partial charge in [-0.1, -0.05) is 114 Å². The van der Waals surface area contributed by atoms with E-state index in [-0.39, 0.29) is 23.1 Å².